The van der Waals surface area contributed by atoms with Gasteiger partial charge in [0.25, 0.3) is 0 Å². The highest BCUT2D eigenvalue weighted by atomic mass is 32.2. The average molecular weight is 232 g/mol. The fraction of sp³-hybridized carbons (Fsp3) is 0.889. The van der Waals surface area contributed by atoms with Crippen molar-refractivity contribution in [3.8, 4) is 0 Å². The van der Waals surface area contributed by atoms with Crippen LogP contribution in [0.5, 0.6) is 0 Å². The van der Waals surface area contributed by atoms with E-state index >= 15 is 0 Å². The molecular formula is C9H16N2O3S. The lowest BCUT2D eigenvalue weighted by atomic mass is 9.97. The summed E-state index contributed by atoms with van der Waals surface area (Å²) in [6, 6.07) is -0.268. The Bertz CT molecular complexity index is 274. The van der Waals surface area contributed by atoms with Gasteiger partial charge < -0.3 is 20.7 Å². The number of nitrogens with two attached hydrogens (primary N) is 1. The summed E-state index contributed by atoms with van der Waals surface area (Å²) in [5, 5.41) is 20.0. The molecule has 2 aliphatic heterocycles. The van der Waals surface area contributed by atoms with Gasteiger partial charge in [-0.1, -0.05) is 18.7 Å². The number of thioether (sulfide) groups is 1. The van der Waals surface area contributed by atoms with Crippen LogP contribution in [-0.4, -0.2) is 45.2 Å². The topological polar surface area (TPSA) is 88.1 Å². The summed E-state index contributed by atoms with van der Waals surface area (Å²) < 4.78 is 5.66. The Morgan fingerprint density at radius 2 is 2.47 bits per heavy atom. The molecule has 0 aliphatic carbocycles. The minimum Gasteiger partial charge on any atom is -0.391 e. The highest BCUT2D eigenvalue weighted by molar-refractivity contribution is 8.14. The van der Waals surface area contributed by atoms with Crippen LogP contribution in [0.3, 0.4) is 0 Å². The van der Waals surface area contributed by atoms with Gasteiger partial charge in [0.2, 0.25) is 0 Å². The first-order valence-electron chi connectivity index (χ1n) is 5.13. The smallest absolute Gasteiger partial charge is 0.157 e. The Hall–Kier alpha value is -0.300. The summed E-state index contributed by atoms with van der Waals surface area (Å²) >= 11 is 1.32. The number of aliphatic hydroxyl groups excluding tert-OH is 2. The number of fused-ring (bicyclic) bond motifs is 1. The van der Waals surface area contributed by atoms with Crippen LogP contribution in [0.4, 0.5) is 0 Å². The van der Waals surface area contributed by atoms with Crippen LogP contribution in [0.15, 0.2) is 4.99 Å². The van der Waals surface area contributed by atoms with E-state index in [1.54, 1.807) is 0 Å². The number of aliphatic imine (C=N–C) groups is 1. The molecule has 86 valence electrons. The number of rotatable bonds is 2. The fourth-order valence-electron chi connectivity index (χ4n) is 1.92. The van der Waals surface area contributed by atoms with Crippen LogP contribution in [0.1, 0.15) is 19.8 Å². The summed E-state index contributed by atoms with van der Waals surface area (Å²) in [4.78, 5) is 4.11. The molecular weight excluding hydrogens is 216 g/mol. The zero-order valence-corrected chi connectivity index (χ0v) is 9.35. The Labute approximate surface area is 92.7 Å². The molecule has 0 aromatic carbocycles. The van der Waals surface area contributed by atoms with E-state index < -0.39 is 12.2 Å². The van der Waals surface area contributed by atoms with Gasteiger partial charge in [-0.3, -0.25) is 4.99 Å². The van der Waals surface area contributed by atoms with Crippen molar-refractivity contribution in [3.05, 3.63) is 0 Å². The molecule has 0 aromatic heterocycles. The highest BCUT2D eigenvalue weighted by Gasteiger charge is 2.43. The van der Waals surface area contributed by atoms with E-state index in [0.29, 0.717) is 18.0 Å². The first-order valence-corrected chi connectivity index (χ1v) is 6.01. The molecule has 5 atom stereocenters. The lowest BCUT2D eigenvalue weighted by molar-refractivity contribution is -0.117. The van der Waals surface area contributed by atoms with Crippen LogP contribution >= 0.6 is 11.8 Å². The summed E-state index contributed by atoms with van der Waals surface area (Å²) in [6.07, 6.45) is -0.352. The molecule has 0 radical (unpaired) electrons. The third-order valence-corrected chi connectivity index (χ3v) is 3.79. The van der Waals surface area contributed by atoms with Crippen molar-refractivity contribution in [2.45, 2.75) is 49.6 Å². The van der Waals surface area contributed by atoms with Crippen molar-refractivity contribution in [3.63, 3.8) is 0 Å². The SMILES string of the molecule is CC[C@H](O)[C@@H]1C[C@H](O)[C@H]2N=C(N)S[C@H]2O1. The lowest BCUT2D eigenvalue weighted by Gasteiger charge is -2.36. The molecule has 4 N–H and O–H groups in total. The Balaban J connectivity index is 2.03. The van der Waals surface area contributed by atoms with Gasteiger partial charge in [0.05, 0.1) is 18.3 Å². The van der Waals surface area contributed by atoms with Crippen LogP contribution in [0.2, 0.25) is 0 Å². The molecule has 0 spiro atoms. The second-order valence-corrected chi connectivity index (χ2v) is 5.02. The Morgan fingerprint density at radius 3 is 3.13 bits per heavy atom. The third kappa shape index (κ3) is 2.13. The second kappa shape index (κ2) is 4.29. The van der Waals surface area contributed by atoms with Crippen LogP contribution in [-0.2, 0) is 4.74 Å². The van der Waals surface area contributed by atoms with Crippen LogP contribution in [0, 0.1) is 0 Å². The number of aliphatic hydroxyl groups is 2. The lowest BCUT2D eigenvalue weighted by Crippen LogP contribution is -2.47. The number of ether oxygens (including phenoxy) is 1. The molecule has 2 heterocycles. The third-order valence-electron chi connectivity index (χ3n) is 2.82. The van der Waals surface area contributed by atoms with E-state index in [9.17, 15) is 10.2 Å². The van der Waals surface area contributed by atoms with E-state index in [-0.39, 0.29) is 17.6 Å². The summed E-state index contributed by atoms with van der Waals surface area (Å²) in [5.74, 6) is 0. The maximum absolute atomic E-state index is 9.84. The highest BCUT2D eigenvalue weighted by Crippen LogP contribution is 2.36. The molecule has 0 aromatic rings. The molecule has 2 rings (SSSR count). The van der Waals surface area contributed by atoms with Crippen molar-refractivity contribution in [1.82, 2.24) is 0 Å². The van der Waals surface area contributed by atoms with Gasteiger partial charge in [-0.25, -0.2) is 0 Å². The molecule has 0 unspecified atom stereocenters. The Morgan fingerprint density at radius 1 is 1.73 bits per heavy atom. The molecule has 5 nitrogen and oxygen atoms in total. The van der Waals surface area contributed by atoms with Crippen molar-refractivity contribution < 1.29 is 14.9 Å². The normalized spacial score (nSPS) is 42.2. The first-order chi connectivity index (χ1) is 7.11. The predicted octanol–water partition coefficient (Wildman–Crippen LogP) is -0.337. The summed E-state index contributed by atoms with van der Waals surface area (Å²) in [7, 11) is 0. The van der Waals surface area contributed by atoms with Crippen molar-refractivity contribution in [2.75, 3.05) is 0 Å². The van der Waals surface area contributed by atoms with Crippen molar-refractivity contribution >= 4 is 16.9 Å². The van der Waals surface area contributed by atoms with Gasteiger partial charge in [0.1, 0.15) is 11.5 Å². The number of nitrogens with zero attached hydrogens (tertiary/aromatic N) is 1. The maximum Gasteiger partial charge on any atom is 0.157 e. The molecule has 1 fully saturated rings. The van der Waals surface area contributed by atoms with E-state index in [2.05, 4.69) is 4.99 Å². The largest absolute Gasteiger partial charge is 0.391 e. The molecule has 2 aliphatic rings. The number of amidine groups is 1. The van der Waals surface area contributed by atoms with Crippen molar-refractivity contribution in [2.24, 2.45) is 10.7 Å². The monoisotopic (exact) mass is 232 g/mol. The maximum atomic E-state index is 9.84. The molecule has 0 amide bonds. The van der Waals surface area contributed by atoms with E-state index in [1.807, 2.05) is 6.92 Å². The molecule has 6 heteroatoms. The van der Waals surface area contributed by atoms with Gasteiger partial charge in [0.15, 0.2) is 5.17 Å². The Kier molecular flexibility index (Phi) is 3.20. The predicted molar refractivity (Wildman–Crippen MR) is 58.6 cm³/mol. The van der Waals surface area contributed by atoms with Crippen LogP contribution in [0.25, 0.3) is 0 Å². The fourth-order valence-corrected chi connectivity index (χ4v) is 2.92. The molecule has 15 heavy (non-hydrogen) atoms. The zero-order chi connectivity index (χ0) is 11.0. The summed E-state index contributed by atoms with van der Waals surface area (Å²) in [5.41, 5.74) is 5.33. The summed E-state index contributed by atoms with van der Waals surface area (Å²) in [6.45, 7) is 1.89. The van der Waals surface area contributed by atoms with Gasteiger partial charge in [-0.15, -0.1) is 0 Å². The standard InChI is InChI=1S/C9H16N2O3S/c1-2-4(12)6-3-5(13)7-8(14-6)15-9(10)11-7/h4-8,12-13H,2-3H2,1H3,(H2,10,11)/t4-,5-,6-,7+,8+/m0/s1. The van der Waals surface area contributed by atoms with Gasteiger partial charge >= 0.3 is 0 Å². The van der Waals surface area contributed by atoms with Crippen molar-refractivity contribution in [1.29, 1.82) is 0 Å². The molecule has 0 saturated carbocycles. The number of hydrogen-bond acceptors (Lipinski definition) is 6. The quantitative estimate of drug-likeness (QED) is 0.606. The minimum absolute atomic E-state index is 0.236. The zero-order valence-electron chi connectivity index (χ0n) is 8.54. The van der Waals surface area contributed by atoms with Gasteiger partial charge in [-0.05, 0) is 6.42 Å². The molecule has 1 saturated heterocycles. The second-order valence-electron chi connectivity index (χ2n) is 3.90. The van der Waals surface area contributed by atoms with Gasteiger partial charge in [-0.2, -0.15) is 0 Å². The van der Waals surface area contributed by atoms with Crippen LogP contribution < -0.4 is 5.73 Å². The van der Waals surface area contributed by atoms with E-state index in [1.165, 1.54) is 11.8 Å². The minimum atomic E-state index is -0.566. The van der Waals surface area contributed by atoms with E-state index in [4.69, 9.17) is 10.5 Å². The first kappa shape index (κ1) is 11.2. The molecule has 0 bridgehead atoms. The van der Waals surface area contributed by atoms with Gasteiger partial charge in [0, 0.05) is 6.42 Å². The average Bonchev–Trinajstić information content (AvgIpc) is 2.58. The number of hydrogen-bond donors (Lipinski definition) is 3. The van der Waals surface area contributed by atoms with E-state index in [0.717, 1.165) is 0 Å².